The minimum Gasteiger partial charge on any atom is -0.206 e. The van der Waals surface area contributed by atoms with Gasteiger partial charge in [-0.05, 0) is 30.9 Å². The van der Waals surface area contributed by atoms with E-state index in [9.17, 15) is 8.78 Å². The number of benzene rings is 1. The fourth-order valence-corrected chi connectivity index (χ4v) is 2.18. The molecule has 0 radical (unpaired) electrons. The van der Waals surface area contributed by atoms with Gasteiger partial charge in [-0.2, -0.15) is 0 Å². The second-order valence-electron chi connectivity index (χ2n) is 4.29. The Morgan fingerprint density at radius 1 is 1.21 bits per heavy atom. The molecule has 1 fully saturated rings. The molecule has 0 amide bonds. The average Bonchev–Trinajstić information content (AvgIpc) is 2.84. The molecule has 0 saturated heterocycles. The van der Waals surface area contributed by atoms with Gasteiger partial charge in [0.15, 0.2) is 0 Å². The van der Waals surface area contributed by atoms with Crippen molar-refractivity contribution in [2.75, 3.05) is 0 Å². The zero-order chi connectivity index (χ0) is 10.4. The van der Waals surface area contributed by atoms with Crippen LogP contribution in [0.4, 0.5) is 8.78 Å². The molecule has 0 unspecified atom stereocenters. The molecular weight excluding hydrogens is 182 g/mol. The summed E-state index contributed by atoms with van der Waals surface area (Å²) in [5, 5.41) is 0. The van der Waals surface area contributed by atoms with Crippen molar-refractivity contribution >= 4 is 0 Å². The Balaban J connectivity index is 2.46. The van der Waals surface area contributed by atoms with Crippen molar-refractivity contribution in [1.29, 1.82) is 0 Å². The van der Waals surface area contributed by atoms with Gasteiger partial charge in [0.05, 0.1) is 5.41 Å². The van der Waals surface area contributed by atoms with Gasteiger partial charge in [-0.1, -0.05) is 24.3 Å². The van der Waals surface area contributed by atoms with Crippen LogP contribution in [0.1, 0.15) is 30.9 Å². The standard InChI is InChI=1S/C12H14F2/c1-9-5-3-4-6-10(9)12(7-8-12)11(2,13)14/h3-6H,7-8H2,1-2H3. The number of hydrogen-bond acceptors (Lipinski definition) is 0. The SMILES string of the molecule is Cc1ccccc1C1(C(C)(F)F)CC1. The molecule has 0 nitrogen and oxygen atoms in total. The molecule has 1 aromatic carbocycles. The lowest BCUT2D eigenvalue weighted by molar-refractivity contribution is -0.0202. The maximum absolute atomic E-state index is 13.4. The molecule has 0 N–H and O–H groups in total. The van der Waals surface area contributed by atoms with Crippen LogP contribution in [0, 0.1) is 6.92 Å². The molecule has 1 aromatic rings. The average molecular weight is 196 g/mol. The second-order valence-corrected chi connectivity index (χ2v) is 4.29. The van der Waals surface area contributed by atoms with Crippen LogP contribution in [-0.4, -0.2) is 5.92 Å². The summed E-state index contributed by atoms with van der Waals surface area (Å²) in [7, 11) is 0. The molecule has 2 heteroatoms. The Bertz CT molecular complexity index is 346. The van der Waals surface area contributed by atoms with Gasteiger partial charge < -0.3 is 0 Å². The predicted molar refractivity (Wildman–Crippen MR) is 52.7 cm³/mol. The van der Waals surface area contributed by atoms with Crippen LogP contribution in [0.25, 0.3) is 0 Å². The number of alkyl halides is 2. The maximum atomic E-state index is 13.4. The highest BCUT2D eigenvalue weighted by Gasteiger charge is 2.60. The van der Waals surface area contributed by atoms with Crippen LogP contribution in [0.3, 0.4) is 0 Å². The van der Waals surface area contributed by atoms with Gasteiger partial charge >= 0.3 is 0 Å². The Kier molecular flexibility index (Phi) is 1.91. The first kappa shape index (κ1) is 9.63. The first-order valence-corrected chi connectivity index (χ1v) is 4.91. The number of aryl methyl sites for hydroxylation is 1. The summed E-state index contributed by atoms with van der Waals surface area (Å²) in [4.78, 5) is 0. The first-order valence-electron chi connectivity index (χ1n) is 4.91. The van der Waals surface area contributed by atoms with Gasteiger partial charge in [-0.25, -0.2) is 8.78 Å². The third kappa shape index (κ3) is 1.24. The molecule has 0 bridgehead atoms. The fourth-order valence-electron chi connectivity index (χ4n) is 2.18. The van der Waals surface area contributed by atoms with E-state index in [1.807, 2.05) is 31.2 Å². The Morgan fingerprint density at radius 3 is 2.21 bits per heavy atom. The van der Waals surface area contributed by atoms with Crippen LogP contribution >= 0.6 is 0 Å². The Labute approximate surface area is 82.9 Å². The highest BCUT2D eigenvalue weighted by molar-refractivity contribution is 5.40. The van der Waals surface area contributed by atoms with E-state index in [0.717, 1.165) is 18.1 Å². The molecule has 0 spiro atoms. The minimum absolute atomic E-state index is 0.612. The van der Waals surface area contributed by atoms with E-state index in [0.29, 0.717) is 12.8 Å². The van der Waals surface area contributed by atoms with Crippen molar-refractivity contribution in [2.24, 2.45) is 0 Å². The van der Waals surface area contributed by atoms with Crippen LogP contribution in [-0.2, 0) is 5.41 Å². The zero-order valence-electron chi connectivity index (χ0n) is 8.48. The zero-order valence-corrected chi connectivity index (χ0v) is 8.48. The number of rotatable bonds is 2. The van der Waals surface area contributed by atoms with Gasteiger partial charge in [0.2, 0.25) is 0 Å². The highest BCUT2D eigenvalue weighted by atomic mass is 19.3. The van der Waals surface area contributed by atoms with E-state index in [1.54, 1.807) is 0 Å². The number of hydrogen-bond donors (Lipinski definition) is 0. The molecule has 76 valence electrons. The van der Waals surface area contributed by atoms with Gasteiger partial charge in [0.1, 0.15) is 0 Å². The van der Waals surface area contributed by atoms with Crippen molar-refractivity contribution in [1.82, 2.24) is 0 Å². The summed E-state index contributed by atoms with van der Waals surface area (Å²) >= 11 is 0. The second kappa shape index (κ2) is 2.78. The minimum atomic E-state index is -2.60. The topological polar surface area (TPSA) is 0 Å². The van der Waals surface area contributed by atoms with Gasteiger partial charge in [-0.3, -0.25) is 0 Å². The molecule has 0 aliphatic heterocycles. The maximum Gasteiger partial charge on any atom is 0.254 e. The van der Waals surface area contributed by atoms with Crippen molar-refractivity contribution in [2.45, 2.75) is 38.0 Å². The van der Waals surface area contributed by atoms with E-state index < -0.39 is 11.3 Å². The van der Waals surface area contributed by atoms with Crippen LogP contribution in [0.2, 0.25) is 0 Å². The van der Waals surface area contributed by atoms with E-state index in [4.69, 9.17) is 0 Å². The molecule has 0 heterocycles. The summed E-state index contributed by atoms with van der Waals surface area (Å²) in [6.45, 7) is 2.94. The lowest BCUT2D eigenvalue weighted by Crippen LogP contribution is -2.30. The normalized spacial score (nSPS) is 19.4. The molecule has 2 rings (SSSR count). The lowest BCUT2D eigenvalue weighted by Gasteiger charge is -2.24. The first-order chi connectivity index (χ1) is 6.47. The molecule has 0 aromatic heterocycles. The monoisotopic (exact) mass is 196 g/mol. The van der Waals surface area contributed by atoms with Crippen LogP contribution in [0.15, 0.2) is 24.3 Å². The highest BCUT2D eigenvalue weighted by Crippen LogP contribution is 2.58. The summed E-state index contributed by atoms with van der Waals surface area (Å²) < 4.78 is 26.9. The number of halogens is 2. The van der Waals surface area contributed by atoms with Crippen molar-refractivity contribution in [3.05, 3.63) is 35.4 Å². The van der Waals surface area contributed by atoms with E-state index in [2.05, 4.69) is 0 Å². The van der Waals surface area contributed by atoms with E-state index >= 15 is 0 Å². The summed E-state index contributed by atoms with van der Waals surface area (Å²) in [5.74, 6) is -2.60. The fraction of sp³-hybridized carbons (Fsp3) is 0.500. The third-order valence-electron chi connectivity index (χ3n) is 3.25. The molecular formula is C12H14F2. The van der Waals surface area contributed by atoms with E-state index in [-0.39, 0.29) is 0 Å². The summed E-state index contributed by atoms with van der Waals surface area (Å²) in [6.07, 6.45) is 1.22. The molecule has 0 atom stereocenters. The Hall–Kier alpha value is -0.920. The largest absolute Gasteiger partial charge is 0.254 e. The van der Waals surface area contributed by atoms with Crippen molar-refractivity contribution in [3.63, 3.8) is 0 Å². The smallest absolute Gasteiger partial charge is 0.206 e. The molecule has 14 heavy (non-hydrogen) atoms. The van der Waals surface area contributed by atoms with E-state index in [1.165, 1.54) is 0 Å². The Morgan fingerprint density at radius 2 is 1.79 bits per heavy atom. The van der Waals surface area contributed by atoms with Crippen molar-refractivity contribution in [3.8, 4) is 0 Å². The summed E-state index contributed by atoms with van der Waals surface area (Å²) in [6, 6.07) is 7.47. The van der Waals surface area contributed by atoms with Gasteiger partial charge in [0.25, 0.3) is 5.92 Å². The molecule has 1 aliphatic carbocycles. The molecule has 1 saturated carbocycles. The van der Waals surface area contributed by atoms with Gasteiger partial charge in [0, 0.05) is 6.92 Å². The summed E-state index contributed by atoms with van der Waals surface area (Å²) in [5.41, 5.74) is 0.942. The quantitative estimate of drug-likeness (QED) is 0.676. The predicted octanol–water partition coefficient (Wildman–Crippen LogP) is 3.68. The van der Waals surface area contributed by atoms with Crippen LogP contribution in [0.5, 0.6) is 0 Å². The third-order valence-corrected chi connectivity index (χ3v) is 3.25. The van der Waals surface area contributed by atoms with Crippen LogP contribution < -0.4 is 0 Å². The van der Waals surface area contributed by atoms with Crippen molar-refractivity contribution < 1.29 is 8.78 Å². The lowest BCUT2D eigenvalue weighted by atomic mass is 9.87. The molecule has 1 aliphatic rings. The van der Waals surface area contributed by atoms with Gasteiger partial charge in [-0.15, -0.1) is 0 Å².